The van der Waals surface area contributed by atoms with Gasteiger partial charge >= 0.3 is 0 Å². The number of nitrogen functional groups attached to an aromatic ring is 1. The molecule has 0 aliphatic heterocycles. The van der Waals surface area contributed by atoms with Gasteiger partial charge in [0.1, 0.15) is 10.0 Å². The molecule has 0 unspecified atom stereocenters. The third-order valence-electron chi connectivity index (χ3n) is 1.66. The Morgan fingerprint density at radius 1 is 1.62 bits per heavy atom. The topological polar surface area (TPSA) is 82.0 Å². The van der Waals surface area contributed by atoms with Crippen molar-refractivity contribution in [3.8, 4) is 0 Å². The molecule has 1 amide bonds. The molecule has 0 aliphatic carbocycles. The molecular weight excluding hydrogens is 186 g/mol. The quantitative estimate of drug-likeness (QED) is 0.748. The van der Waals surface area contributed by atoms with Crippen LogP contribution in [0.5, 0.6) is 0 Å². The van der Waals surface area contributed by atoms with Crippen LogP contribution in [-0.2, 0) is 0 Å². The zero-order chi connectivity index (χ0) is 10.0. The van der Waals surface area contributed by atoms with Crippen molar-refractivity contribution in [3.05, 3.63) is 16.8 Å². The summed E-state index contributed by atoms with van der Waals surface area (Å²) in [5, 5.41) is 1.12. The van der Waals surface area contributed by atoms with Crippen LogP contribution in [0.4, 0.5) is 5.00 Å². The third kappa shape index (κ3) is 1.86. The van der Waals surface area contributed by atoms with Crippen molar-refractivity contribution in [2.75, 3.05) is 5.73 Å². The van der Waals surface area contributed by atoms with E-state index < -0.39 is 5.91 Å². The van der Waals surface area contributed by atoms with Gasteiger partial charge in [-0.3, -0.25) is 4.79 Å². The summed E-state index contributed by atoms with van der Waals surface area (Å²) >= 11 is 1.27. The number of anilines is 1. The van der Waals surface area contributed by atoms with Crippen molar-refractivity contribution in [3.63, 3.8) is 0 Å². The highest BCUT2D eigenvalue weighted by molar-refractivity contribution is 7.16. The summed E-state index contributed by atoms with van der Waals surface area (Å²) in [7, 11) is 0. The Bertz CT molecular complexity index is 367. The fraction of sp³-hybridized carbons (Fsp3) is 0.250. The molecule has 5 heteroatoms. The van der Waals surface area contributed by atoms with E-state index in [-0.39, 0.29) is 5.69 Å². The highest BCUT2D eigenvalue weighted by Crippen LogP contribution is 2.25. The number of aromatic nitrogens is 1. The molecule has 1 aromatic rings. The van der Waals surface area contributed by atoms with Gasteiger partial charge in [-0.1, -0.05) is 17.4 Å². The minimum atomic E-state index is -0.580. The lowest BCUT2D eigenvalue weighted by molar-refractivity contribution is 0.0997. The van der Waals surface area contributed by atoms with Crippen molar-refractivity contribution in [2.24, 2.45) is 5.73 Å². The van der Waals surface area contributed by atoms with E-state index >= 15 is 0 Å². The predicted molar refractivity (Wildman–Crippen MR) is 54.4 cm³/mol. The summed E-state index contributed by atoms with van der Waals surface area (Å²) in [6.45, 7) is 3.81. The van der Waals surface area contributed by atoms with Gasteiger partial charge in [0, 0.05) is 0 Å². The molecule has 0 radical (unpaired) electrons. The zero-order valence-corrected chi connectivity index (χ0v) is 8.31. The van der Waals surface area contributed by atoms with Gasteiger partial charge in [0.05, 0.1) is 0 Å². The normalized spacial score (nSPS) is 11.7. The summed E-state index contributed by atoms with van der Waals surface area (Å²) in [5.74, 6) is -0.580. The van der Waals surface area contributed by atoms with Gasteiger partial charge in [-0.05, 0) is 19.4 Å². The lowest BCUT2D eigenvalue weighted by Gasteiger charge is -1.90. The van der Waals surface area contributed by atoms with Gasteiger partial charge in [0.2, 0.25) is 0 Å². The van der Waals surface area contributed by atoms with E-state index in [4.69, 9.17) is 11.5 Å². The molecule has 1 heterocycles. The number of amides is 1. The average molecular weight is 197 g/mol. The summed E-state index contributed by atoms with van der Waals surface area (Å²) in [5.41, 5.74) is 11.8. The van der Waals surface area contributed by atoms with E-state index in [9.17, 15) is 4.79 Å². The maximum atomic E-state index is 10.8. The van der Waals surface area contributed by atoms with Crippen LogP contribution in [-0.4, -0.2) is 10.9 Å². The highest BCUT2D eigenvalue weighted by atomic mass is 32.1. The molecule has 1 aromatic heterocycles. The van der Waals surface area contributed by atoms with Crippen LogP contribution in [0, 0.1) is 0 Å². The van der Waals surface area contributed by atoms with E-state index in [0.29, 0.717) is 5.00 Å². The Kier molecular flexibility index (Phi) is 2.67. The fourth-order valence-corrected chi connectivity index (χ4v) is 1.67. The van der Waals surface area contributed by atoms with Crippen LogP contribution >= 0.6 is 11.3 Å². The zero-order valence-electron chi connectivity index (χ0n) is 7.50. The standard InChI is InChI=1S/C8H11N3OS/c1-3-4(2)8-11-5(6(9)12)7(10)13-8/h3H,10H2,1-2H3,(H2,9,12)/b4-3+. The summed E-state index contributed by atoms with van der Waals surface area (Å²) in [6.07, 6.45) is 1.91. The van der Waals surface area contributed by atoms with Crippen LogP contribution in [0.25, 0.3) is 5.57 Å². The highest BCUT2D eigenvalue weighted by Gasteiger charge is 2.13. The van der Waals surface area contributed by atoms with Gasteiger partial charge in [0.15, 0.2) is 5.69 Å². The Morgan fingerprint density at radius 3 is 2.62 bits per heavy atom. The van der Waals surface area contributed by atoms with Crippen molar-refractivity contribution >= 4 is 27.8 Å². The van der Waals surface area contributed by atoms with Gasteiger partial charge in [0.25, 0.3) is 5.91 Å². The fourth-order valence-electron chi connectivity index (χ4n) is 0.801. The molecule has 4 nitrogen and oxygen atoms in total. The van der Waals surface area contributed by atoms with Gasteiger partial charge in [-0.2, -0.15) is 0 Å². The van der Waals surface area contributed by atoms with Gasteiger partial charge < -0.3 is 11.5 Å². The van der Waals surface area contributed by atoms with Crippen molar-refractivity contribution in [1.29, 1.82) is 0 Å². The van der Waals surface area contributed by atoms with Crippen molar-refractivity contribution in [1.82, 2.24) is 4.98 Å². The Hall–Kier alpha value is -1.36. The number of thiazole rings is 1. The largest absolute Gasteiger partial charge is 0.389 e. The Balaban J connectivity index is 3.16. The van der Waals surface area contributed by atoms with Crippen LogP contribution in [0.1, 0.15) is 29.3 Å². The number of nitrogens with two attached hydrogens (primary N) is 2. The summed E-state index contributed by atoms with van der Waals surface area (Å²) in [4.78, 5) is 14.8. The molecule has 4 N–H and O–H groups in total. The van der Waals surface area contributed by atoms with E-state index in [2.05, 4.69) is 4.98 Å². The first-order valence-electron chi connectivity index (χ1n) is 3.75. The molecule has 0 bridgehead atoms. The lowest BCUT2D eigenvalue weighted by Crippen LogP contribution is -2.13. The van der Waals surface area contributed by atoms with Crippen molar-refractivity contribution in [2.45, 2.75) is 13.8 Å². The Labute approximate surface area is 80.3 Å². The number of allylic oxidation sites excluding steroid dienone is 2. The number of rotatable bonds is 2. The maximum Gasteiger partial charge on any atom is 0.270 e. The maximum absolute atomic E-state index is 10.8. The monoisotopic (exact) mass is 197 g/mol. The first-order chi connectivity index (χ1) is 6.06. The number of hydrogen-bond acceptors (Lipinski definition) is 4. The van der Waals surface area contributed by atoms with Crippen LogP contribution in [0.2, 0.25) is 0 Å². The number of carbonyl (C=O) groups is 1. The molecule has 13 heavy (non-hydrogen) atoms. The van der Waals surface area contributed by atoms with Crippen LogP contribution in [0.3, 0.4) is 0 Å². The lowest BCUT2D eigenvalue weighted by atomic mass is 10.3. The van der Waals surface area contributed by atoms with E-state index in [1.54, 1.807) is 0 Å². The van der Waals surface area contributed by atoms with Gasteiger partial charge in [-0.25, -0.2) is 4.98 Å². The first-order valence-corrected chi connectivity index (χ1v) is 4.57. The van der Waals surface area contributed by atoms with E-state index in [1.165, 1.54) is 11.3 Å². The summed E-state index contributed by atoms with van der Waals surface area (Å²) in [6, 6.07) is 0. The number of hydrogen-bond donors (Lipinski definition) is 2. The minimum absolute atomic E-state index is 0.168. The molecule has 70 valence electrons. The van der Waals surface area contributed by atoms with Crippen molar-refractivity contribution < 1.29 is 4.79 Å². The second kappa shape index (κ2) is 3.57. The van der Waals surface area contributed by atoms with Crippen LogP contribution in [0.15, 0.2) is 6.08 Å². The molecular formula is C8H11N3OS. The molecule has 0 saturated heterocycles. The SMILES string of the molecule is C/C=C(\C)c1nc(C(N)=O)c(N)s1. The number of carbonyl (C=O) groups excluding carboxylic acids is 1. The number of primary amides is 1. The second-order valence-electron chi connectivity index (χ2n) is 2.57. The summed E-state index contributed by atoms with van der Waals surface area (Å²) < 4.78 is 0. The minimum Gasteiger partial charge on any atom is -0.389 e. The van der Waals surface area contributed by atoms with E-state index in [1.807, 2.05) is 19.9 Å². The molecule has 0 atom stereocenters. The average Bonchev–Trinajstić information content (AvgIpc) is 2.46. The predicted octanol–water partition coefficient (Wildman–Crippen LogP) is 1.25. The molecule has 0 fully saturated rings. The first kappa shape index (κ1) is 9.73. The van der Waals surface area contributed by atoms with E-state index in [0.717, 1.165) is 10.6 Å². The Morgan fingerprint density at radius 2 is 2.23 bits per heavy atom. The molecule has 0 aromatic carbocycles. The van der Waals surface area contributed by atoms with Crippen LogP contribution < -0.4 is 11.5 Å². The van der Waals surface area contributed by atoms with Gasteiger partial charge in [-0.15, -0.1) is 0 Å². The molecule has 0 spiro atoms. The molecule has 1 rings (SSSR count). The third-order valence-corrected chi connectivity index (χ3v) is 2.68. The number of nitrogens with zero attached hydrogens (tertiary/aromatic N) is 1. The molecule has 0 saturated carbocycles. The smallest absolute Gasteiger partial charge is 0.270 e. The second-order valence-corrected chi connectivity index (χ2v) is 3.60. The molecule has 0 aliphatic rings.